The summed E-state index contributed by atoms with van der Waals surface area (Å²) in [5.74, 6) is 1.13. The SMILES string of the molecule is COc1ccc2c(c1)C(NCCCS(C)(=O)=O)CC2. The van der Waals surface area contributed by atoms with E-state index in [1.165, 1.54) is 17.4 Å². The van der Waals surface area contributed by atoms with Gasteiger partial charge in [-0.15, -0.1) is 0 Å². The molecular weight excluding hydrogens is 262 g/mol. The van der Waals surface area contributed by atoms with E-state index in [4.69, 9.17) is 4.74 Å². The Morgan fingerprint density at radius 2 is 2.21 bits per heavy atom. The molecule has 0 saturated heterocycles. The molecule has 1 N–H and O–H groups in total. The lowest BCUT2D eigenvalue weighted by atomic mass is 10.1. The molecule has 0 saturated carbocycles. The topological polar surface area (TPSA) is 55.4 Å². The minimum absolute atomic E-state index is 0.248. The van der Waals surface area contributed by atoms with Crippen LogP contribution in [0.4, 0.5) is 0 Å². The van der Waals surface area contributed by atoms with Gasteiger partial charge in [0, 0.05) is 12.3 Å². The largest absolute Gasteiger partial charge is 0.497 e. The smallest absolute Gasteiger partial charge is 0.147 e. The molecule has 1 aromatic rings. The highest BCUT2D eigenvalue weighted by molar-refractivity contribution is 7.90. The molecule has 1 aliphatic rings. The van der Waals surface area contributed by atoms with E-state index in [1.54, 1.807) is 7.11 Å². The van der Waals surface area contributed by atoms with Crippen molar-refractivity contribution in [2.75, 3.05) is 25.7 Å². The van der Waals surface area contributed by atoms with Crippen LogP contribution in [0.5, 0.6) is 5.75 Å². The summed E-state index contributed by atoms with van der Waals surface area (Å²) >= 11 is 0. The number of nitrogens with one attached hydrogen (secondary N) is 1. The third kappa shape index (κ3) is 3.94. The normalized spacial score (nSPS) is 18.3. The van der Waals surface area contributed by atoms with Gasteiger partial charge in [0.25, 0.3) is 0 Å². The highest BCUT2D eigenvalue weighted by Gasteiger charge is 2.22. The van der Waals surface area contributed by atoms with Crippen LogP contribution < -0.4 is 10.1 Å². The van der Waals surface area contributed by atoms with Crippen LogP contribution in [0, 0.1) is 0 Å². The molecule has 1 unspecified atom stereocenters. The highest BCUT2D eigenvalue weighted by atomic mass is 32.2. The van der Waals surface area contributed by atoms with Crippen LogP contribution >= 0.6 is 0 Å². The maximum Gasteiger partial charge on any atom is 0.147 e. The fraction of sp³-hybridized carbons (Fsp3) is 0.571. The molecule has 0 aliphatic heterocycles. The number of hydrogen-bond donors (Lipinski definition) is 1. The Bertz CT molecular complexity index is 540. The number of hydrogen-bond acceptors (Lipinski definition) is 4. The van der Waals surface area contributed by atoms with E-state index in [0.29, 0.717) is 12.5 Å². The van der Waals surface area contributed by atoms with Gasteiger partial charge in [0.05, 0.1) is 12.9 Å². The Balaban J connectivity index is 1.91. The predicted octanol–water partition coefficient (Wildman–Crippen LogP) is 1.71. The van der Waals surface area contributed by atoms with Crippen molar-refractivity contribution in [3.05, 3.63) is 29.3 Å². The molecular formula is C14H21NO3S. The Kier molecular flexibility index (Phi) is 4.47. The van der Waals surface area contributed by atoms with Crippen molar-refractivity contribution >= 4 is 9.84 Å². The second-order valence-electron chi connectivity index (χ2n) is 5.09. The standard InChI is InChI=1S/C14H21NO3S/c1-18-12-6-4-11-5-7-14(13(11)10-12)15-8-3-9-19(2,16)17/h4,6,10,14-15H,3,5,7-9H2,1-2H3. The fourth-order valence-electron chi connectivity index (χ4n) is 2.53. The number of fused-ring (bicyclic) bond motifs is 1. The first-order valence-electron chi connectivity index (χ1n) is 6.57. The first kappa shape index (κ1) is 14.3. The van der Waals surface area contributed by atoms with Crippen LogP contribution in [-0.2, 0) is 16.3 Å². The lowest BCUT2D eigenvalue weighted by Crippen LogP contribution is -2.22. The summed E-state index contributed by atoms with van der Waals surface area (Å²) in [6, 6.07) is 6.51. The molecule has 0 aromatic heterocycles. The van der Waals surface area contributed by atoms with E-state index in [9.17, 15) is 8.42 Å². The zero-order chi connectivity index (χ0) is 13.9. The quantitative estimate of drug-likeness (QED) is 0.808. The number of sulfone groups is 1. The molecule has 0 heterocycles. The van der Waals surface area contributed by atoms with Crippen LogP contribution in [0.2, 0.25) is 0 Å². The minimum Gasteiger partial charge on any atom is -0.497 e. The number of ether oxygens (including phenoxy) is 1. The molecule has 106 valence electrons. The van der Waals surface area contributed by atoms with Gasteiger partial charge in [-0.3, -0.25) is 0 Å². The molecule has 0 bridgehead atoms. The highest BCUT2D eigenvalue weighted by Crippen LogP contribution is 2.33. The number of methoxy groups -OCH3 is 1. The fourth-order valence-corrected chi connectivity index (χ4v) is 3.20. The Labute approximate surface area is 115 Å². The molecule has 1 atom stereocenters. The minimum atomic E-state index is -2.85. The molecule has 5 heteroatoms. The predicted molar refractivity (Wildman–Crippen MR) is 76.4 cm³/mol. The van der Waals surface area contributed by atoms with Gasteiger partial charge in [-0.25, -0.2) is 8.42 Å². The first-order valence-corrected chi connectivity index (χ1v) is 8.63. The molecule has 1 aliphatic carbocycles. The van der Waals surface area contributed by atoms with E-state index in [2.05, 4.69) is 17.4 Å². The monoisotopic (exact) mass is 283 g/mol. The van der Waals surface area contributed by atoms with Gasteiger partial charge in [-0.05, 0) is 49.1 Å². The molecule has 0 fully saturated rings. The summed E-state index contributed by atoms with van der Waals surface area (Å²) in [6.07, 6.45) is 4.09. The summed E-state index contributed by atoms with van der Waals surface area (Å²) in [5.41, 5.74) is 2.65. The van der Waals surface area contributed by atoms with Gasteiger partial charge in [-0.1, -0.05) is 6.07 Å². The first-order chi connectivity index (χ1) is 8.99. The van der Waals surface area contributed by atoms with E-state index >= 15 is 0 Å². The number of rotatable bonds is 6. The van der Waals surface area contributed by atoms with Crippen molar-refractivity contribution < 1.29 is 13.2 Å². The van der Waals surface area contributed by atoms with Gasteiger partial charge in [0.1, 0.15) is 15.6 Å². The summed E-state index contributed by atoms with van der Waals surface area (Å²) in [5, 5.41) is 3.44. The molecule has 2 rings (SSSR count). The van der Waals surface area contributed by atoms with Gasteiger partial charge < -0.3 is 10.1 Å². The second kappa shape index (κ2) is 5.92. The third-order valence-corrected chi connectivity index (χ3v) is 4.54. The summed E-state index contributed by atoms with van der Waals surface area (Å²) in [7, 11) is -1.18. The van der Waals surface area contributed by atoms with Gasteiger partial charge >= 0.3 is 0 Å². The number of benzene rings is 1. The van der Waals surface area contributed by atoms with E-state index in [1.807, 2.05) is 6.07 Å². The third-order valence-electron chi connectivity index (χ3n) is 3.51. The van der Waals surface area contributed by atoms with Crippen LogP contribution in [-0.4, -0.2) is 34.1 Å². The summed E-state index contributed by atoms with van der Waals surface area (Å²) < 4.78 is 27.4. The van der Waals surface area contributed by atoms with Crippen molar-refractivity contribution in [2.24, 2.45) is 0 Å². The molecule has 0 radical (unpaired) electrons. The van der Waals surface area contributed by atoms with Gasteiger partial charge in [0.15, 0.2) is 0 Å². The van der Waals surface area contributed by atoms with Crippen molar-refractivity contribution in [1.82, 2.24) is 5.32 Å². The lowest BCUT2D eigenvalue weighted by molar-refractivity contribution is 0.413. The zero-order valence-electron chi connectivity index (χ0n) is 11.5. The number of aryl methyl sites for hydroxylation is 1. The van der Waals surface area contributed by atoms with Crippen molar-refractivity contribution in [2.45, 2.75) is 25.3 Å². The lowest BCUT2D eigenvalue weighted by Gasteiger charge is -2.14. The maximum absolute atomic E-state index is 11.1. The molecule has 19 heavy (non-hydrogen) atoms. The van der Waals surface area contributed by atoms with Crippen molar-refractivity contribution in [3.8, 4) is 5.75 Å². The molecule has 1 aromatic carbocycles. The Morgan fingerprint density at radius 1 is 1.42 bits per heavy atom. The molecule has 0 spiro atoms. The van der Waals surface area contributed by atoms with Crippen molar-refractivity contribution in [1.29, 1.82) is 0 Å². The van der Waals surface area contributed by atoms with Crippen LogP contribution in [0.3, 0.4) is 0 Å². The van der Waals surface area contributed by atoms with Crippen LogP contribution in [0.25, 0.3) is 0 Å². The Morgan fingerprint density at radius 3 is 2.89 bits per heavy atom. The Hall–Kier alpha value is -1.07. The average Bonchev–Trinajstić information content (AvgIpc) is 2.76. The second-order valence-corrected chi connectivity index (χ2v) is 7.35. The van der Waals surface area contributed by atoms with E-state index in [0.717, 1.165) is 25.1 Å². The van der Waals surface area contributed by atoms with Gasteiger partial charge in [0.2, 0.25) is 0 Å². The maximum atomic E-state index is 11.1. The summed E-state index contributed by atoms with van der Waals surface area (Å²) in [4.78, 5) is 0. The van der Waals surface area contributed by atoms with E-state index < -0.39 is 9.84 Å². The average molecular weight is 283 g/mol. The zero-order valence-corrected chi connectivity index (χ0v) is 12.3. The molecule has 4 nitrogen and oxygen atoms in total. The van der Waals surface area contributed by atoms with Crippen LogP contribution in [0.1, 0.15) is 30.0 Å². The summed E-state index contributed by atoms with van der Waals surface area (Å²) in [6.45, 7) is 0.731. The van der Waals surface area contributed by atoms with Crippen molar-refractivity contribution in [3.63, 3.8) is 0 Å². The van der Waals surface area contributed by atoms with Crippen LogP contribution in [0.15, 0.2) is 18.2 Å². The molecule has 0 amide bonds. The van der Waals surface area contributed by atoms with Gasteiger partial charge in [-0.2, -0.15) is 0 Å². The van der Waals surface area contributed by atoms with E-state index in [-0.39, 0.29) is 5.75 Å².